The van der Waals surface area contributed by atoms with Gasteiger partial charge in [-0.1, -0.05) is 43.6 Å². The van der Waals surface area contributed by atoms with Crippen LogP contribution in [-0.2, 0) is 5.41 Å². The molecule has 0 aromatic heterocycles. The van der Waals surface area contributed by atoms with Gasteiger partial charge >= 0.3 is 6.09 Å². The van der Waals surface area contributed by atoms with E-state index in [0.29, 0.717) is 16.4 Å². The van der Waals surface area contributed by atoms with Crippen molar-refractivity contribution in [1.82, 2.24) is 9.38 Å². The summed E-state index contributed by atoms with van der Waals surface area (Å²) < 4.78 is -0.355. The van der Waals surface area contributed by atoms with Crippen LogP contribution in [-0.4, -0.2) is 43.8 Å². The van der Waals surface area contributed by atoms with E-state index in [9.17, 15) is 9.90 Å². The van der Waals surface area contributed by atoms with Crippen LogP contribution in [0.25, 0.3) is 0 Å². The topological polar surface area (TPSA) is 40.5 Å². The van der Waals surface area contributed by atoms with Gasteiger partial charge in [0.05, 0.1) is 7.05 Å². The number of hydrogen-bond donors (Lipinski definition) is 1. The second-order valence-corrected chi connectivity index (χ2v) is 7.88. The average molecular weight is 362 g/mol. The molecule has 0 heterocycles. The fourth-order valence-electron chi connectivity index (χ4n) is 3.21. The van der Waals surface area contributed by atoms with Crippen molar-refractivity contribution in [3.63, 3.8) is 0 Å². The van der Waals surface area contributed by atoms with E-state index in [4.69, 9.17) is 11.6 Å². The van der Waals surface area contributed by atoms with Crippen molar-refractivity contribution in [3.05, 3.63) is 59.1 Å². The number of quaternary nitrogens is 1. The highest BCUT2D eigenvalue weighted by atomic mass is 35.5. The fraction of sp³-hybridized carbons (Fsp3) is 0.350. The van der Waals surface area contributed by atoms with Gasteiger partial charge in [-0.3, -0.25) is 0 Å². The van der Waals surface area contributed by atoms with Gasteiger partial charge in [-0.05, 0) is 25.7 Å². The molecule has 1 atom stereocenters. The van der Waals surface area contributed by atoms with Gasteiger partial charge in [-0.2, -0.15) is 9.28 Å². The maximum Gasteiger partial charge on any atom is 0.523 e. The summed E-state index contributed by atoms with van der Waals surface area (Å²) >= 11 is 6.10. The minimum absolute atomic E-state index is 0.100. The number of rotatable bonds is 5. The lowest BCUT2D eigenvalue weighted by Gasteiger charge is -2.31. The molecule has 0 aliphatic heterocycles. The summed E-state index contributed by atoms with van der Waals surface area (Å²) in [6, 6.07) is 14.8. The number of amides is 1. The number of benzene rings is 2. The van der Waals surface area contributed by atoms with E-state index in [-0.39, 0.29) is 9.90 Å². The highest BCUT2D eigenvalue weighted by Crippen LogP contribution is 2.37. The second-order valence-electron chi connectivity index (χ2n) is 7.44. The SMILES string of the molecule is CN(C)CC(C)(C)c1cccc([N+](C)(C(=O)O)c2cccc(Cl)c2)c1. The normalized spacial score (nSPS) is 14.4. The Hall–Kier alpha value is -1.88. The first-order valence-corrected chi connectivity index (χ1v) is 8.57. The van der Waals surface area contributed by atoms with E-state index in [2.05, 4.69) is 24.8 Å². The molecule has 2 aromatic rings. The molecule has 0 spiro atoms. The zero-order chi connectivity index (χ0) is 18.8. The fourth-order valence-corrected chi connectivity index (χ4v) is 3.40. The molecule has 5 heteroatoms. The van der Waals surface area contributed by atoms with E-state index in [1.54, 1.807) is 31.3 Å². The van der Waals surface area contributed by atoms with Crippen LogP contribution in [0.1, 0.15) is 19.4 Å². The van der Waals surface area contributed by atoms with Crippen LogP contribution in [0, 0.1) is 0 Å². The standard InChI is InChI=1S/C20H25ClN2O2/c1-20(2,14-22(3)4)15-8-6-10-17(12-15)23(5,19(24)25)18-11-7-9-16(21)13-18/h6-13H,14H2,1-5H3/p+1. The third-order valence-electron chi connectivity index (χ3n) is 4.56. The molecule has 0 aliphatic rings. The smallest absolute Gasteiger partial charge is 0.435 e. The average Bonchev–Trinajstić information content (AvgIpc) is 2.53. The first-order chi connectivity index (χ1) is 11.6. The predicted molar refractivity (Wildman–Crippen MR) is 105 cm³/mol. The minimum atomic E-state index is -0.954. The molecule has 0 aliphatic carbocycles. The van der Waals surface area contributed by atoms with E-state index in [0.717, 1.165) is 12.1 Å². The number of nitrogens with zero attached hydrogens (tertiary/aromatic N) is 2. The molecule has 0 radical (unpaired) electrons. The molecule has 1 unspecified atom stereocenters. The van der Waals surface area contributed by atoms with Crippen LogP contribution in [0.2, 0.25) is 5.02 Å². The van der Waals surface area contributed by atoms with Crippen molar-refractivity contribution in [2.45, 2.75) is 19.3 Å². The van der Waals surface area contributed by atoms with Gasteiger partial charge < -0.3 is 10.0 Å². The van der Waals surface area contributed by atoms with E-state index in [1.165, 1.54) is 0 Å². The van der Waals surface area contributed by atoms with Crippen LogP contribution in [0.3, 0.4) is 0 Å². The lowest BCUT2D eigenvalue weighted by molar-refractivity contribution is 0.172. The van der Waals surface area contributed by atoms with Gasteiger partial charge in [0.1, 0.15) is 11.4 Å². The zero-order valence-corrected chi connectivity index (χ0v) is 16.2. The Kier molecular flexibility index (Phi) is 5.57. The van der Waals surface area contributed by atoms with Gasteiger partial charge in [-0.15, -0.1) is 0 Å². The largest absolute Gasteiger partial charge is 0.523 e. The first-order valence-electron chi connectivity index (χ1n) is 8.19. The molecule has 4 nitrogen and oxygen atoms in total. The minimum Gasteiger partial charge on any atom is -0.435 e. The van der Waals surface area contributed by atoms with Crippen molar-refractivity contribution in [2.75, 3.05) is 27.7 Å². The van der Waals surface area contributed by atoms with Gasteiger partial charge in [0.2, 0.25) is 0 Å². The molecule has 0 bridgehead atoms. The summed E-state index contributed by atoms with van der Waals surface area (Å²) in [6.45, 7) is 5.19. The number of carbonyl (C=O) groups is 1. The summed E-state index contributed by atoms with van der Waals surface area (Å²) in [7, 11) is 5.75. The summed E-state index contributed by atoms with van der Waals surface area (Å²) in [6.07, 6.45) is -0.954. The first kappa shape index (κ1) is 19.4. The van der Waals surface area contributed by atoms with Gasteiger partial charge in [0, 0.05) is 41.2 Å². The maximum absolute atomic E-state index is 12.2. The number of likely N-dealkylation sites (N-methyl/N-ethyl adjacent to an activating group) is 1. The molecular weight excluding hydrogens is 336 g/mol. The molecule has 0 saturated heterocycles. The number of hydrogen-bond acceptors (Lipinski definition) is 2. The van der Waals surface area contributed by atoms with Crippen LogP contribution in [0.4, 0.5) is 16.2 Å². The second kappa shape index (κ2) is 7.16. The molecule has 0 fully saturated rings. The van der Waals surface area contributed by atoms with Crippen molar-refractivity contribution in [3.8, 4) is 0 Å². The molecule has 25 heavy (non-hydrogen) atoms. The van der Waals surface area contributed by atoms with Crippen molar-refractivity contribution < 1.29 is 9.90 Å². The molecular formula is C20H26ClN2O2+. The Balaban J connectivity index is 2.58. The van der Waals surface area contributed by atoms with Gasteiger partial charge in [-0.25, -0.2) is 0 Å². The lowest BCUT2D eigenvalue weighted by Crippen LogP contribution is -2.45. The van der Waals surface area contributed by atoms with Crippen LogP contribution in [0.5, 0.6) is 0 Å². The summed E-state index contributed by atoms with van der Waals surface area (Å²) in [5.41, 5.74) is 2.31. The summed E-state index contributed by atoms with van der Waals surface area (Å²) in [5, 5.41) is 10.5. The Labute approximate surface area is 154 Å². The lowest BCUT2D eigenvalue weighted by atomic mass is 9.84. The maximum atomic E-state index is 12.2. The van der Waals surface area contributed by atoms with E-state index in [1.807, 2.05) is 32.3 Å². The molecule has 1 amide bonds. The van der Waals surface area contributed by atoms with Crippen LogP contribution in [0.15, 0.2) is 48.5 Å². The zero-order valence-electron chi connectivity index (χ0n) is 15.5. The van der Waals surface area contributed by atoms with Crippen LogP contribution >= 0.6 is 11.6 Å². The van der Waals surface area contributed by atoms with E-state index < -0.39 is 6.09 Å². The third kappa shape index (κ3) is 4.03. The molecule has 0 saturated carbocycles. The summed E-state index contributed by atoms with van der Waals surface area (Å²) in [5.74, 6) is 0. The van der Waals surface area contributed by atoms with Crippen molar-refractivity contribution >= 4 is 29.1 Å². The number of halogens is 1. The van der Waals surface area contributed by atoms with Crippen LogP contribution < -0.4 is 4.48 Å². The van der Waals surface area contributed by atoms with Gasteiger partial charge in [0.25, 0.3) is 0 Å². The highest BCUT2D eigenvalue weighted by Gasteiger charge is 2.38. The monoisotopic (exact) mass is 361 g/mol. The Morgan fingerprint density at radius 3 is 2.20 bits per heavy atom. The summed E-state index contributed by atoms with van der Waals surface area (Å²) in [4.78, 5) is 14.3. The number of carboxylic acid groups (broad SMARTS) is 1. The Morgan fingerprint density at radius 2 is 1.68 bits per heavy atom. The Bertz CT molecular complexity index is 774. The van der Waals surface area contributed by atoms with Crippen molar-refractivity contribution in [2.24, 2.45) is 0 Å². The molecule has 2 aromatic carbocycles. The van der Waals surface area contributed by atoms with Gasteiger partial charge in [0.15, 0.2) is 0 Å². The molecule has 1 N–H and O–H groups in total. The quantitative estimate of drug-likeness (QED) is 0.751. The predicted octanol–water partition coefficient (Wildman–Crippen LogP) is 5.13. The van der Waals surface area contributed by atoms with Crippen molar-refractivity contribution in [1.29, 1.82) is 0 Å². The highest BCUT2D eigenvalue weighted by molar-refractivity contribution is 6.30. The molecule has 2 rings (SSSR count). The van der Waals surface area contributed by atoms with E-state index >= 15 is 0 Å². The Morgan fingerprint density at radius 1 is 1.12 bits per heavy atom. The third-order valence-corrected chi connectivity index (χ3v) is 4.80. The molecule has 134 valence electrons.